The highest BCUT2D eigenvalue weighted by molar-refractivity contribution is 9.10. The summed E-state index contributed by atoms with van der Waals surface area (Å²) in [5.74, 6) is -0.976. The lowest BCUT2D eigenvalue weighted by Crippen LogP contribution is -2.45. The molecule has 0 aliphatic heterocycles. The minimum absolute atomic E-state index is 0.0616. The molecule has 6 heteroatoms. The van der Waals surface area contributed by atoms with E-state index < -0.39 is 0 Å². The highest BCUT2D eigenvalue weighted by Crippen LogP contribution is 2.25. The number of hydrogen-bond acceptors (Lipinski definition) is 2. The summed E-state index contributed by atoms with van der Waals surface area (Å²) in [4.78, 5) is 24.7. The molecule has 2 aromatic carbocycles. The zero-order chi connectivity index (χ0) is 17.7. The van der Waals surface area contributed by atoms with Gasteiger partial charge in [-0.1, -0.05) is 49.7 Å². The Labute approximate surface area is 154 Å². The van der Waals surface area contributed by atoms with Crippen molar-refractivity contribution in [2.24, 2.45) is 5.92 Å². The molecular formula is C18H18BrClN2O2. The first-order valence-electron chi connectivity index (χ1n) is 7.50. The first kappa shape index (κ1) is 18.5. The number of hydrazine groups is 1. The second-order valence-electron chi connectivity index (χ2n) is 5.70. The predicted octanol–water partition coefficient (Wildman–Crippen LogP) is 4.30. The van der Waals surface area contributed by atoms with E-state index in [1.807, 2.05) is 32.0 Å². The van der Waals surface area contributed by atoms with Crippen LogP contribution in [0.15, 0.2) is 53.0 Å². The number of hydrogen-bond donors (Lipinski definition) is 2. The van der Waals surface area contributed by atoms with Gasteiger partial charge in [-0.25, -0.2) is 0 Å². The predicted molar refractivity (Wildman–Crippen MR) is 98.8 cm³/mol. The van der Waals surface area contributed by atoms with Crippen molar-refractivity contribution in [2.75, 3.05) is 0 Å². The Bertz CT molecular complexity index is 732. The standard InChI is InChI=1S/C18H18BrClN2O2/c1-11(2)16(12-7-9-13(20)10-8-12)18(24)22-21-17(23)14-5-3-4-6-15(14)19/h3-11,16H,1-2H3,(H,21,23)(H,22,24)/t16-/m0/s1. The summed E-state index contributed by atoms with van der Waals surface area (Å²) in [6.07, 6.45) is 0. The van der Waals surface area contributed by atoms with E-state index >= 15 is 0 Å². The molecule has 2 aromatic rings. The number of amides is 2. The second-order valence-corrected chi connectivity index (χ2v) is 6.99. The van der Waals surface area contributed by atoms with Crippen LogP contribution in [0.4, 0.5) is 0 Å². The van der Waals surface area contributed by atoms with Crippen molar-refractivity contribution in [3.8, 4) is 0 Å². The Morgan fingerprint density at radius 1 is 1.00 bits per heavy atom. The van der Waals surface area contributed by atoms with Crippen LogP contribution in [-0.4, -0.2) is 11.8 Å². The molecule has 0 aromatic heterocycles. The van der Waals surface area contributed by atoms with E-state index in [1.165, 1.54) is 0 Å². The van der Waals surface area contributed by atoms with Gasteiger partial charge < -0.3 is 0 Å². The molecule has 0 spiro atoms. The third-order valence-electron chi connectivity index (χ3n) is 3.60. The van der Waals surface area contributed by atoms with Gasteiger partial charge in [0, 0.05) is 9.50 Å². The van der Waals surface area contributed by atoms with Crippen molar-refractivity contribution >= 4 is 39.3 Å². The second kappa shape index (κ2) is 8.31. The van der Waals surface area contributed by atoms with Gasteiger partial charge in [0.15, 0.2) is 0 Å². The molecular weight excluding hydrogens is 392 g/mol. The summed E-state index contributed by atoms with van der Waals surface area (Å²) in [6.45, 7) is 3.91. The van der Waals surface area contributed by atoms with Crippen molar-refractivity contribution in [2.45, 2.75) is 19.8 Å². The van der Waals surface area contributed by atoms with Crippen LogP contribution in [-0.2, 0) is 4.79 Å². The topological polar surface area (TPSA) is 58.2 Å². The average molecular weight is 410 g/mol. The lowest BCUT2D eigenvalue weighted by Gasteiger charge is -2.21. The van der Waals surface area contributed by atoms with Gasteiger partial charge in [-0.3, -0.25) is 20.4 Å². The minimum Gasteiger partial charge on any atom is -0.273 e. The molecule has 0 fully saturated rings. The van der Waals surface area contributed by atoms with Crippen LogP contribution < -0.4 is 10.9 Å². The zero-order valence-electron chi connectivity index (χ0n) is 13.3. The van der Waals surface area contributed by atoms with Crippen LogP contribution in [0, 0.1) is 5.92 Å². The molecule has 24 heavy (non-hydrogen) atoms. The number of nitrogens with one attached hydrogen (secondary N) is 2. The molecule has 126 valence electrons. The van der Waals surface area contributed by atoms with Crippen LogP contribution in [0.5, 0.6) is 0 Å². The molecule has 2 amide bonds. The Morgan fingerprint density at radius 2 is 1.62 bits per heavy atom. The highest BCUT2D eigenvalue weighted by atomic mass is 79.9. The van der Waals surface area contributed by atoms with Crippen LogP contribution >= 0.6 is 27.5 Å². The molecule has 1 atom stereocenters. The molecule has 0 saturated heterocycles. The molecule has 0 bridgehead atoms. The average Bonchev–Trinajstić information content (AvgIpc) is 2.55. The van der Waals surface area contributed by atoms with E-state index in [-0.39, 0.29) is 23.7 Å². The Kier molecular flexibility index (Phi) is 6.40. The van der Waals surface area contributed by atoms with Gasteiger partial charge >= 0.3 is 0 Å². The zero-order valence-corrected chi connectivity index (χ0v) is 15.7. The lowest BCUT2D eigenvalue weighted by atomic mass is 9.88. The van der Waals surface area contributed by atoms with Crippen molar-refractivity contribution < 1.29 is 9.59 Å². The molecule has 0 radical (unpaired) electrons. The Balaban J connectivity index is 2.07. The van der Waals surface area contributed by atoms with Crippen LogP contribution in [0.3, 0.4) is 0 Å². The molecule has 0 unspecified atom stereocenters. The van der Waals surface area contributed by atoms with Crippen molar-refractivity contribution in [3.63, 3.8) is 0 Å². The van der Waals surface area contributed by atoms with E-state index in [0.29, 0.717) is 15.1 Å². The fourth-order valence-corrected chi connectivity index (χ4v) is 3.01. The SMILES string of the molecule is CC(C)[C@H](C(=O)NNC(=O)c1ccccc1Br)c1ccc(Cl)cc1. The van der Waals surface area contributed by atoms with Gasteiger partial charge in [0.2, 0.25) is 5.91 Å². The van der Waals surface area contributed by atoms with Gasteiger partial charge in [-0.2, -0.15) is 0 Å². The van der Waals surface area contributed by atoms with Crippen LogP contribution in [0.1, 0.15) is 35.7 Å². The molecule has 0 aliphatic carbocycles. The summed E-state index contributed by atoms with van der Waals surface area (Å²) < 4.78 is 0.662. The van der Waals surface area contributed by atoms with Crippen molar-refractivity contribution in [3.05, 3.63) is 69.2 Å². The van der Waals surface area contributed by atoms with Crippen LogP contribution in [0.2, 0.25) is 5.02 Å². The fourth-order valence-electron chi connectivity index (χ4n) is 2.42. The quantitative estimate of drug-likeness (QED) is 0.740. The van der Waals surface area contributed by atoms with Gasteiger partial charge in [-0.05, 0) is 51.7 Å². The fraction of sp³-hybridized carbons (Fsp3) is 0.222. The molecule has 0 aliphatic rings. The number of carbonyl (C=O) groups is 2. The normalized spacial score (nSPS) is 11.9. The number of benzene rings is 2. The third kappa shape index (κ3) is 4.58. The first-order valence-corrected chi connectivity index (χ1v) is 8.67. The molecule has 2 rings (SSSR count). The highest BCUT2D eigenvalue weighted by Gasteiger charge is 2.24. The van der Waals surface area contributed by atoms with Crippen molar-refractivity contribution in [1.29, 1.82) is 0 Å². The van der Waals surface area contributed by atoms with E-state index in [0.717, 1.165) is 5.56 Å². The number of halogens is 2. The van der Waals surface area contributed by atoms with E-state index in [4.69, 9.17) is 11.6 Å². The molecule has 0 saturated carbocycles. The summed E-state index contributed by atoms with van der Waals surface area (Å²) in [5.41, 5.74) is 6.27. The molecule has 4 nitrogen and oxygen atoms in total. The van der Waals surface area contributed by atoms with Gasteiger partial charge in [0.05, 0.1) is 11.5 Å². The molecule has 0 heterocycles. The third-order valence-corrected chi connectivity index (χ3v) is 4.54. The lowest BCUT2D eigenvalue weighted by molar-refractivity contribution is -0.124. The summed E-state index contributed by atoms with van der Waals surface area (Å²) in [5, 5.41) is 0.615. The smallest absolute Gasteiger partial charge is 0.270 e. The molecule has 2 N–H and O–H groups in total. The summed E-state index contributed by atoms with van der Waals surface area (Å²) in [7, 11) is 0. The largest absolute Gasteiger partial charge is 0.273 e. The van der Waals surface area contributed by atoms with Gasteiger partial charge in [0.1, 0.15) is 0 Å². The maximum Gasteiger partial charge on any atom is 0.270 e. The Hall–Kier alpha value is -1.85. The van der Waals surface area contributed by atoms with Gasteiger partial charge in [-0.15, -0.1) is 0 Å². The van der Waals surface area contributed by atoms with E-state index in [1.54, 1.807) is 30.3 Å². The summed E-state index contributed by atoms with van der Waals surface area (Å²) in [6, 6.07) is 14.1. The number of rotatable bonds is 4. The monoisotopic (exact) mass is 408 g/mol. The first-order chi connectivity index (χ1) is 11.4. The van der Waals surface area contributed by atoms with Crippen molar-refractivity contribution in [1.82, 2.24) is 10.9 Å². The maximum atomic E-state index is 12.5. The maximum absolute atomic E-state index is 12.5. The van der Waals surface area contributed by atoms with Crippen LogP contribution in [0.25, 0.3) is 0 Å². The number of carbonyl (C=O) groups excluding carboxylic acids is 2. The summed E-state index contributed by atoms with van der Waals surface area (Å²) >= 11 is 9.21. The van der Waals surface area contributed by atoms with E-state index in [2.05, 4.69) is 26.8 Å². The van der Waals surface area contributed by atoms with E-state index in [9.17, 15) is 9.59 Å². The Morgan fingerprint density at radius 3 is 2.21 bits per heavy atom. The van der Waals surface area contributed by atoms with Gasteiger partial charge in [0.25, 0.3) is 5.91 Å². The minimum atomic E-state index is -0.387.